The molecule has 0 amide bonds. The van der Waals surface area contributed by atoms with Crippen LogP contribution in [0.2, 0.25) is 0 Å². The van der Waals surface area contributed by atoms with E-state index in [9.17, 15) is 0 Å². The van der Waals surface area contributed by atoms with Gasteiger partial charge >= 0.3 is 0 Å². The van der Waals surface area contributed by atoms with Crippen molar-refractivity contribution in [1.82, 2.24) is 4.57 Å². The Morgan fingerprint density at radius 3 is 2.07 bits per heavy atom. The summed E-state index contributed by atoms with van der Waals surface area (Å²) in [7, 11) is 0. The highest BCUT2D eigenvalue weighted by atomic mass is 16.3. The minimum absolute atomic E-state index is 0.282. The number of hydrogen-bond acceptors (Lipinski definition) is 3. The van der Waals surface area contributed by atoms with Crippen LogP contribution in [0.25, 0.3) is 60.6 Å². The van der Waals surface area contributed by atoms with Crippen molar-refractivity contribution in [3.63, 3.8) is 0 Å². The molecule has 6 aromatic carbocycles. The number of aromatic nitrogens is 1. The van der Waals surface area contributed by atoms with Gasteiger partial charge in [0.15, 0.2) is 5.58 Å². The SMILES string of the molecule is N=C(/C=C\N)N(c1ccccc1)c1ccc(-c2cc3c4ccccc4n(-c4ccccc4)c3c3oc4ccccc4c23)cc1. The maximum Gasteiger partial charge on any atom is 0.160 e. The van der Waals surface area contributed by atoms with Gasteiger partial charge in [0.05, 0.1) is 11.0 Å². The molecule has 0 aliphatic heterocycles. The van der Waals surface area contributed by atoms with Crippen LogP contribution >= 0.6 is 0 Å². The van der Waals surface area contributed by atoms with Gasteiger partial charge in [0.2, 0.25) is 0 Å². The number of nitrogens with zero attached hydrogens (tertiary/aromatic N) is 2. The van der Waals surface area contributed by atoms with Crippen molar-refractivity contribution in [3.05, 3.63) is 152 Å². The number of anilines is 2. The van der Waals surface area contributed by atoms with Gasteiger partial charge in [-0.25, -0.2) is 0 Å². The Balaban J connectivity index is 1.40. The van der Waals surface area contributed by atoms with E-state index in [1.54, 1.807) is 6.08 Å². The van der Waals surface area contributed by atoms with Crippen LogP contribution in [-0.2, 0) is 0 Å². The molecule has 0 aliphatic rings. The van der Waals surface area contributed by atoms with Crippen LogP contribution < -0.4 is 10.6 Å². The summed E-state index contributed by atoms with van der Waals surface area (Å²) in [5.41, 5.74) is 14.6. The molecule has 0 saturated heterocycles. The molecule has 0 aliphatic carbocycles. The van der Waals surface area contributed by atoms with E-state index in [1.165, 1.54) is 11.6 Å². The van der Waals surface area contributed by atoms with Crippen molar-refractivity contribution in [2.75, 3.05) is 4.90 Å². The summed E-state index contributed by atoms with van der Waals surface area (Å²) < 4.78 is 9.04. The molecule has 0 spiro atoms. The molecule has 8 aromatic rings. The molecule has 0 atom stereocenters. The zero-order valence-corrected chi connectivity index (χ0v) is 23.8. The minimum Gasteiger partial charge on any atom is -0.454 e. The van der Waals surface area contributed by atoms with E-state index in [1.807, 2.05) is 53.4 Å². The first-order chi connectivity index (χ1) is 21.7. The number of amidine groups is 1. The van der Waals surface area contributed by atoms with Crippen LogP contribution in [0.1, 0.15) is 0 Å². The Hall–Kier alpha value is -6.07. The first-order valence-electron chi connectivity index (χ1n) is 14.6. The summed E-state index contributed by atoms with van der Waals surface area (Å²) >= 11 is 0. The molecule has 0 radical (unpaired) electrons. The standard InChI is InChI=1S/C39H28N4O/c40-24-23-36(41)42(27-11-3-1-4-12-27)29-21-19-26(20-22-29)32-25-33-30-15-7-9-17-34(30)43(28-13-5-2-6-14-28)38(33)39-37(32)31-16-8-10-18-35(31)44-39/h1-25,41H,40H2/b24-23-,41-36?. The summed E-state index contributed by atoms with van der Waals surface area (Å²) in [5.74, 6) is 0.282. The van der Waals surface area contributed by atoms with Crippen molar-refractivity contribution in [2.45, 2.75) is 0 Å². The number of rotatable bonds is 5. The Morgan fingerprint density at radius 2 is 1.32 bits per heavy atom. The average Bonchev–Trinajstić information content (AvgIpc) is 3.62. The highest BCUT2D eigenvalue weighted by Crippen LogP contribution is 2.45. The van der Waals surface area contributed by atoms with Crippen molar-refractivity contribution < 1.29 is 4.42 Å². The largest absolute Gasteiger partial charge is 0.454 e. The van der Waals surface area contributed by atoms with E-state index in [-0.39, 0.29) is 5.84 Å². The molecule has 44 heavy (non-hydrogen) atoms. The third kappa shape index (κ3) is 3.98. The summed E-state index contributed by atoms with van der Waals surface area (Å²) in [6, 6.07) is 47.9. The topological polar surface area (TPSA) is 71.2 Å². The van der Waals surface area contributed by atoms with Gasteiger partial charge in [0.1, 0.15) is 11.4 Å². The molecule has 2 heterocycles. The summed E-state index contributed by atoms with van der Waals surface area (Å²) in [5, 5.41) is 13.2. The molecule has 8 rings (SSSR count). The lowest BCUT2D eigenvalue weighted by molar-refractivity contribution is 0.671. The first kappa shape index (κ1) is 25.6. The highest BCUT2D eigenvalue weighted by Gasteiger charge is 2.22. The summed E-state index contributed by atoms with van der Waals surface area (Å²) in [6.07, 6.45) is 2.99. The normalized spacial score (nSPS) is 11.7. The smallest absolute Gasteiger partial charge is 0.160 e. The number of benzene rings is 6. The second-order valence-corrected chi connectivity index (χ2v) is 10.8. The average molecular weight is 569 g/mol. The summed E-state index contributed by atoms with van der Waals surface area (Å²) in [6.45, 7) is 0. The molecule has 5 nitrogen and oxygen atoms in total. The number of fused-ring (bicyclic) bond motifs is 7. The van der Waals surface area contributed by atoms with Gasteiger partial charge in [0, 0.05) is 38.6 Å². The van der Waals surface area contributed by atoms with Crippen molar-refractivity contribution in [1.29, 1.82) is 5.41 Å². The zero-order chi connectivity index (χ0) is 29.6. The van der Waals surface area contributed by atoms with Gasteiger partial charge < -0.3 is 14.7 Å². The fourth-order valence-electron chi connectivity index (χ4n) is 6.36. The van der Waals surface area contributed by atoms with Crippen LogP contribution in [0.15, 0.2) is 156 Å². The van der Waals surface area contributed by atoms with Crippen LogP contribution in [0.5, 0.6) is 0 Å². The second kappa shape index (κ2) is 10.3. The number of nitrogens with two attached hydrogens (primary N) is 1. The molecule has 210 valence electrons. The Morgan fingerprint density at radius 1 is 0.682 bits per heavy atom. The number of para-hydroxylation sites is 4. The minimum atomic E-state index is 0.282. The Kier molecular flexibility index (Phi) is 6.02. The molecule has 5 heteroatoms. The van der Waals surface area contributed by atoms with E-state index in [4.69, 9.17) is 15.6 Å². The number of furan rings is 1. The number of nitrogens with one attached hydrogen (secondary N) is 1. The van der Waals surface area contributed by atoms with E-state index < -0.39 is 0 Å². The fourth-order valence-corrected chi connectivity index (χ4v) is 6.36. The lowest BCUT2D eigenvalue weighted by atomic mass is 9.96. The quantitative estimate of drug-likeness (QED) is 0.160. The number of hydrogen-bond donors (Lipinski definition) is 2. The van der Waals surface area contributed by atoms with E-state index in [2.05, 4.69) is 95.6 Å². The van der Waals surface area contributed by atoms with Gasteiger partial charge in [-0.05, 0) is 78.0 Å². The van der Waals surface area contributed by atoms with E-state index in [0.717, 1.165) is 66.5 Å². The fraction of sp³-hybridized carbons (Fsp3) is 0. The Labute approximate surface area is 254 Å². The highest BCUT2D eigenvalue weighted by molar-refractivity contribution is 6.26. The van der Waals surface area contributed by atoms with E-state index >= 15 is 0 Å². The lowest BCUT2D eigenvalue weighted by Gasteiger charge is -2.24. The zero-order valence-electron chi connectivity index (χ0n) is 23.8. The molecular formula is C39H28N4O. The maximum absolute atomic E-state index is 8.70. The van der Waals surface area contributed by atoms with Gasteiger partial charge in [-0.2, -0.15) is 0 Å². The Bertz CT molecular complexity index is 2350. The van der Waals surface area contributed by atoms with Crippen LogP contribution in [-0.4, -0.2) is 10.4 Å². The van der Waals surface area contributed by atoms with Crippen molar-refractivity contribution in [3.8, 4) is 16.8 Å². The molecule has 0 saturated carbocycles. The van der Waals surface area contributed by atoms with E-state index in [0.29, 0.717) is 0 Å². The van der Waals surface area contributed by atoms with Gasteiger partial charge in [-0.1, -0.05) is 84.9 Å². The first-order valence-corrected chi connectivity index (χ1v) is 14.6. The summed E-state index contributed by atoms with van der Waals surface area (Å²) in [4.78, 5) is 1.88. The maximum atomic E-state index is 8.70. The van der Waals surface area contributed by atoms with Crippen LogP contribution in [0.4, 0.5) is 11.4 Å². The second-order valence-electron chi connectivity index (χ2n) is 10.8. The van der Waals surface area contributed by atoms with Crippen molar-refractivity contribution >= 4 is 61.0 Å². The molecule has 0 fully saturated rings. The van der Waals surface area contributed by atoms with Crippen LogP contribution in [0, 0.1) is 5.41 Å². The van der Waals surface area contributed by atoms with Crippen LogP contribution in [0.3, 0.4) is 0 Å². The third-order valence-electron chi connectivity index (χ3n) is 8.24. The molecule has 2 aromatic heterocycles. The van der Waals surface area contributed by atoms with Gasteiger partial charge in [-0.15, -0.1) is 0 Å². The molecule has 0 unspecified atom stereocenters. The molecule has 0 bridgehead atoms. The predicted octanol–water partition coefficient (Wildman–Crippen LogP) is 9.94. The predicted molar refractivity (Wildman–Crippen MR) is 183 cm³/mol. The van der Waals surface area contributed by atoms with Gasteiger partial charge in [0.25, 0.3) is 0 Å². The molecule has 3 N–H and O–H groups in total. The monoisotopic (exact) mass is 568 g/mol. The van der Waals surface area contributed by atoms with Crippen molar-refractivity contribution in [2.24, 2.45) is 5.73 Å². The lowest BCUT2D eigenvalue weighted by Crippen LogP contribution is -2.23. The molecular weight excluding hydrogens is 540 g/mol. The van der Waals surface area contributed by atoms with Gasteiger partial charge in [-0.3, -0.25) is 10.3 Å². The third-order valence-corrected chi connectivity index (χ3v) is 8.24.